The molecule has 0 N–H and O–H groups in total. The average molecular weight is 235 g/mol. The number of carbonyl (C=O) groups is 2. The van der Waals surface area contributed by atoms with Crippen molar-refractivity contribution in [1.82, 2.24) is 8.83 Å². The maximum atomic E-state index is 11.5. The van der Waals surface area contributed by atoms with Crippen molar-refractivity contribution in [2.24, 2.45) is 0 Å². The average Bonchev–Trinajstić information content (AvgIpc) is 2.22. The van der Waals surface area contributed by atoms with Gasteiger partial charge >= 0.3 is 6.03 Å². The van der Waals surface area contributed by atoms with Crippen LogP contribution in [0.15, 0.2) is 0 Å². The number of rotatable bonds is 1. The van der Waals surface area contributed by atoms with Gasteiger partial charge in [0.25, 0.3) is 5.91 Å². The highest BCUT2D eigenvalue weighted by atomic mass is 79.9. The molecule has 0 radical (unpaired) electrons. The summed E-state index contributed by atoms with van der Waals surface area (Å²) in [6.45, 7) is 3.62. The molecule has 3 amide bonds. The number of amides is 3. The molecule has 68 valence electrons. The van der Waals surface area contributed by atoms with E-state index >= 15 is 0 Å². The van der Waals surface area contributed by atoms with Crippen molar-refractivity contribution in [2.75, 3.05) is 7.05 Å². The maximum absolute atomic E-state index is 11.5. The van der Waals surface area contributed by atoms with Gasteiger partial charge in [0.05, 0.1) is 16.1 Å². The Labute approximate surface area is 79.8 Å². The number of urea groups is 1. The molecule has 12 heavy (non-hydrogen) atoms. The van der Waals surface area contributed by atoms with Crippen LogP contribution < -0.4 is 0 Å². The summed E-state index contributed by atoms with van der Waals surface area (Å²) in [5, 5.41) is 0. The van der Waals surface area contributed by atoms with Gasteiger partial charge in [-0.1, -0.05) is 6.92 Å². The number of imide groups is 1. The predicted octanol–water partition coefficient (Wildman–Crippen LogP) is 1.36. The lowest BCUT2D eigenvalue weighted by molar-refractivity contribution is -0.130. The Morgan fingerprint density at radius 1 is 1.50 bits per heavy atom. The van der Waals surface area contributed by atoms with Crippen LogP contribution in [0.1, 0.15) is 20.3 Å². The first-order chi connectivity index (χ1) is 5.45. The Kier molecular flexibility index (Phi) is 2.16. The van der Waals surface area contributed by atoms with Crippen molar-refractivity contribution in [1.29, 1.82) is 0 Å². The van der Waals surface area contributed by atoms with Crippen LogP contribution in [0.5, 0.6) is 0 Å². The van der Waals surface area contributed by atoms with Gasteiger partial charge in [-0.2, -0.15) is 0 Å². The molecule has 0 aliphatic carbocycles. The number of nitrogens with zero attached hydrogens (tertiary/aromatic N) is 2. The standard InChI is InChI=1S/C7H11BrN2O2/c1-4-7(2)5(11)9(3)6(12)10(7)8/h4H2,1-3H3. The van der Waals surface area contributed by atoms with E-state index in [0.717, 1.165) is 4.90 Å². The van der Waals surface area contributed by atoms with Gasteiger partial charge in [0.1, 0.15) is 5.54 Å². The van der Waals surface area contributed by atoms with E-state index in [1.165, 1.54) is 11.0 Å². The Morgan fingerprint density at radius 2 is 2.00 bits per heavy atom. The molecule has 1 rings (SSSR count). The summed E-state index contributed by atoms with van der Waals surface area (Å²) in [5.41, 5.74) is -0.716. The fraction of sp³-hybridized carbons (Fsp3) is 0.714. The first-order valence-electron chi connectivity index (χ1n) is 3.73. The van der Waals surface area contributed by atoms with E-state index in [0.29, 0.717) is 6.42 Å². The summed E-state index contributed by atoms with van der Waals surface area (Å²) < 4.78 is 1.31. The predicted molar refractivity (Wildman–Crippen MR) is 47.6 cm³/mol. The lowest BCUT2D eigenvalue weighted by atomic mass is 10.00. The Bertz CT molecular complexity index is 244. The number of hydrogen-bond donors (Lipinski definition) is 0. The van der Waals surface area contributed by atoms with Crippen LogP contribution in [0.3, 0.4) is 0 Å². The first kappa shape index (κ1) is 9.51. The van der Waals surface area contributed by atoms with Gasteiger partial charge < -0.3 is 0 Å². The molecule has 1 unspecified atom stereocenters. The third kappa shape index (κ3) is 0.957. The normalized spacial score (nSPS) is 30.3. The molecular weight excluding hydrogens is 224 g/mol. The van der Waals surface area contributed by atoms with Crippen LogP contribution >= 0.6 is 16.1 Å². The summed E-state index contributed by atoms with van der Waals surface area (Å²) >= 11 is 3.09. The monoisotopic (exact) mass is 234 g/mol. The van der Waals surface area contributed by atoms with Crippen molar-refractivity contribution in [2.45, 2.75) is 25.8 Å². The highest BCUT2D eigenvalue weighted by Gasteiger charge is 2.50. The van der Waals surface area contributed by atoms with Crippen molar-refractivity contribution in [3.8, 4) is 0 Å². The molecule has 1 atom stereocenters. The molecule has 0 aromatic heterocycles. The van der Waals surface area contributed by atoms with Crippen molar-refractivity contribution >= 4 is 28.1 Å². The quantitative estimate of drug-likeness (QED) is 0.508. The molecule has 0 spiro atoms. The van der Waals surface area contributed by atoms with Gasteiger partial charge in [0.15, 0.2) is 0 Å². The van der Waals surface area contributed by atoms with Gasteiger partial charge in [-0.25, -0.2) is 8.72 Å². The molecule has 5 heteroatoms. The van der Waals surface area contributed by atoms with Gasteiger partial charge in [0.2, 0.25) is 0 Å². The second-order valence-electron chi connectivity index (χ2n) is 3.05. The second-order valence-corrected chi connectivity index (χ2v) is 3.76. The highest BCUT2D eigenvalue weighted by molar-refractivity contribution is 9.07. The summed E-state index contributed by atoms with van der Waals surface area (Å²) in [7, 11) is 1.49. The molecule has 0 aromatic carbocycles. The summed E-state index contributed by atoms with van der Waals surface area (Å²) in [6.07, 6.45) is 0.604. The fourth-order valence-corrected chi connectivity index (χ4v) is 1.81. The molecule has 1 fully saturated rings. The molecular formula is C7H11BrN2O2. The van der Waals surface area contributed by atoms with E-state index in [9.17, 15) is 9.59 Å². The van der Waals surface area contributed by atoms with Crippen molar-refractivity contribution in [3.63, 3.8) is 0 Å². The smallest absolute Gasteiger partial charge is 0.272 e. The van der Waals surface area contributed by atoms with Crippen LogP contribution in [0.2, 0.25) is 0 Å². The number of hydrogen-bond acceptors (Lipinski definition) is 2. The molecule has 1 saturated heterocycles. The van der Waals surface area contributed by atoms with E-state index in [4.69, 9.17) is 0 Å². The van der Waals surface area contributed by atoms with E-state index in [-0.39, 0.29) is 11.9 Å². The zero-order valence-electron chi connectivity index (χ0n) is 7.30. The maximum Gasteiger partial charge on any atom is 0.337 e. The molecule has 1 aliphatic heterocycles. The number of halogens is 1. The zero-order chi connectivity index (χ0) is 9.52. The molecule has 1 aliphatic rings. The van der Waals surface area contributed by atoms with E-state index in [2.05, 4.69) is 16.1 Å². The Morgan fingerprint density at radius 3 is 2.17 bits per heavy atom. The summed E-state index contributed by atoms with van der Waals surface area (Å²) in [5.74, 6) is -0.160. The van der Waals surface area contributed by atoms with Crippen LogP contribution in [0.25, 0.3) is 0 Å². The van der Waals surface area contributed by atoms with Crippen LogP contribution in [-0.2, 0) is 4.79 Å². The van der Waals surface area contributed by atoms with E-state index in [1.54, 1.807) is 6.92 Å². The minimum absolute atomic E-state index is 0.160. The third-order valence-corrected chi connectivity index (χ3v) is 3.43. The van der Waals surface area contributed by atoms with Crippen molar-refractivity contribution in [3.05, 3.63) is 0 Å². The molecule has 0 saturated carbocycles. The molecule has 4 nitrogen and oxygen atoms in total. The lowest BCUT2D eigenvalue weighted by Gasteiger charge is -2.24. The van der Waals surface area contributed by atoms with Crippen LogP contribution in [0, 0.1) is 0 Å². The SMILES string of the molecule is CCC1(C)C(=O)N(C)C(=O)N1Br. The second kappa shape index (κ2) is 2.73. The number of likely N-dealkylation sites (N-methyl/N-ethyl adjacent to an activating group) is 1. The first-order valence-corrected chi connectivity index (χ1v) is 4.44. The summed E-state index contributed by atoms with van der Waals surface area (Å²) in [6, 6.07) is -0.302. The Balaban J connectivity index is 3.06. The fourth-order valence-electron chi connectivity index (χ4n) is 1.16. The van der Waals surface area contributed by atoms with Gasteiger partial charge in [0, 0.05) is 7.05 Å². The van der Waals surface area contributed by atoms with Crippen molar-refractivity contribution < 1.29 is 9.59 Å². The van der Waals surface area contributed by atoms with Gasteiger partial charge in [-0.15, -0.1) is 0 Å². The topological polar surface area (TPSA) is 40.6 Å². The minimum Gasteiger partial charge on any atom is -0.272 e. The Hall–Kier alpha value is -0.580. The molecule has 0 aromatic rings. The number of carbonyl (C=O) groups excluding carboxylic acids is 2. The molecule has 1 heterocycles. The van der Waals surface area contributed by atoms with Gasteiger partial charge in [-0.3, -0.25) is 9.69 Å². The van der Waals surface area contributed by atoms with E-state index < -0.39 is 5.54 Å². The van der Waals surface area contributed by atoms with Crippen LogP contribution in [0.4, 0.5) is 4.79 Å². The highest BCUT2D eigenvalue weighted by Crippen LogP contribution is 2.32. The van der Waals surface area contributed by atoms with Crippen LogP contribution in [-0.4, -0.2) is 33.4 Å². The van der Waals surface area contributed by atoms with E-state index in [1.807, 2.05) is 6.92 Å². The largest absolute Gasteiger partial charge is 0.337 e. The minimum atomic E-state index is -0.716. The summed E-state index contributed by atoms with van der Waals surface area (Å²) in [4.78, 5) is 23.9. The zero-order valence-corrected chi connectivity index (χ0v) is 8.88. The third-order valence-electron chi connectivity index (χ3n) is 2.34. The lowest BCUT2D eigenvalue weighted by Crippen LogP contribution is -2.41. The van der Waals surface area contributed by atoms with Gasteiger partial charge in [-0.05, 0) is 13.3 Å². The molecule has 0 bridgehead atoms.